The number of aromatic nitrogens is 1. The van der Waals surface area contributed by atoms with Crippen LogP contribution in [-0.2, 0) is 6.54 Å². The first kappa shape index (κ1) is 14.5. The molecule has 3 nitrogen and oxygen atoms in total. The Kier molecular flexibility index (Phi) is 4.74. The van der Waals surface area contributed by atoms with Gasteiger partial charge in [0, 0.05) is 28.5 Å². The molecule has 0 atom stereocenters. The SMILES string of the molecule is CC(C)N(Cc1ccccn1)c1cc(Cl)cc(C=O)c1. The number of nitrogens with zero attached hydrogens (tertiary/aromatic N) is 2. The molecule has 0 saturated heterocycles. The van der Waals surface area contributed by atoms with Gasteiger partial charge < -0.3 is 4.90 Å². The summed E-state index contributed by atoms with van der Waals surface area (Å²) in [7, 11) is 0. The summed E-state index contributed by atoms with van der Waals surface area (Å²) in [5.74, 6) is 0. The number of carbonyl (C=O) groups is 1. The average Bonchev–Trinajstić information content (AvgIpc) is 2.44. The van der Waals surface area contributed by atoms with E-state index < -0.39 is 0 Å². The lowest BCUT2D eigenvalue weighted by molar-refractivity contribution is 0.112. The summed E-state index contributed by atoms with van der Waals surface area (Å²) in [6.07, 6.45) is 2.59. The highest BCUT2D eigenvalue weighted by Gasteiger charge is 2.13. The van der Waals surface area contributed by atoms with Crippen molar-refractivity contribution in [3.63, 3.8) is 0 Å². The zero-order chi connectivity index (χ0) is 14.5. The number of anilines is 1. The topological polar surface area (TPSA) is 33.2 Å². The molecule has 104 valence electrons. The third-order valence-corrected chi connectivity index (χ3v) is 3.27. The molecule has 0 unspecified atom stereocenters. The molecule has 0 bridgehead atoms. The molecule has 1 aromatic heterocycles. The summed E-state index contributed by atoms with van der Waals surface area (Å²) in [6.45, 7) is 4.88. The smallest absolute Gasteiger partial charge is 0.150 e. The highest BCUT2D eigenvalue weighted by Crippen LogP contribution is 2.25. The number of rotatable bonds is 5. The van der Waals surface area contributed by atoms with Gasteiger partial charge in [0.1, 0.15) is 6.29 Å². The second kappa shape index (κ2) is 6.53. The van der Waals surface area contributed by atoms with Crippen molar-refractivity contribution in [1.82, 2.24) is 4.98 Å². The predicted octanol–water partition coefficient (Wildman–Crippen LogP) is 3.96. The summed E-state index contributed by atoms with van der Waals surface area (Å²) < 4.78 is 0. The Bertz CT molecular complexity index is 584. The number of carbonyl (C=O) groups excluding carboxylic acids is 1. The molecule has 0 spiro atoms. The maximum absolute atomic E-state index is 11.0. The van der Waals surface area contributed by atoms with Crippen molar-refractivity contribution in [3.8, 4) is 0 Å². The van der Waals surface area contributed by atoms with Crippen molar-refractivity contribution in [3.05, 3.63) is 58.9 Å². The van der Waals surface area contributed by atoms with Crippen LogP contribution in [0.3, 0.4) is 0 Å². The predicted molar refractivity (Wildman–Crippen MR) is 82.4 cm³/mol. The van der Waals surface area contributed by atoms with E-state index in [2.05, 4.69) is 23.7 Å². The Morgan fingerprint density at radius 1 is 1.30 bits per heavy atom. The third kappa shape index (κ3) is 3.58. The minimum absolute atomic E-state index is 0.273. The van der Waals surface area contributed by atoms with Crippen LogP contribution >= 0.6 is 11.6 Å². The first-order valence-electron chi connectivity index (χ1n) is 6.52. The minimum atomic E-state index is 0.273. The molecule has 0 aliphatic rings. The number of aldehydes is 1. The number of hydrogen-bond acceptors (Lipinski definition) is 3. The van der Waals surface area contributed by atoms with Crippen LogP contribution in [0.2, 0.25) is 5.02 Å². The molecule has 20 heavy (non-hydrogen) atoms. The summed E-state index contributed by atoms with van der Waals surface area (Å²) in [6, 6.07) is 11.5. The molecule has 2 aromatic rings. The van der Waals surface area contributed by atoms with E-state index in [1.807, 2.05) is 30.3 Å². The van der Waals surface area contributed by atoms with E-state index in [1.54, 1.807) is 12.3 Å². The van der Waals surface area contributed by atoms with Gasteiger partial charge in [-0.3, -0.25) is 9.78 Å². The molecule has 0 amide bonds. The maximum Gasteiger partial charge on any atom is 0.150 e. The monoisotopic (exact) mass is 288 g/mol. The highest BCUT2D eigenvalue weighted by molar-refractivity contribution is 6.31. The first-order chi connectivity index (χ1) is 9.60. The van der Waals surface area contributed by atoms with Crippen molar-refractivity contribution in [2.24, 2.45) is 0 Å². The number of hydrogen-bond donors (Lipinski definition) is 0. The van der Waals surface area contributed by atoms with Crippen LogP contribution in [0.15, 0.2) is 42.6 Å². The third-order valence-electron chi connectivity index (χ3n) is 3.05. The molecule has 0 saturated carbocycles. The van der Waals surface area contributed by atoms with Crippen molar-refractivity contribution in [2.75, 3.05) is 4.90 Å². The Labute approximate surface area is 124 Å². The van der Waals surface area contributed by atoms with Crippen LogP contribution in [0.5, 0.6) is 0 Å². The van der Waals surface area contributed by atoms with Crippen molar-refractivity contribution in [2.45, 2.75) is 26.4 Å². The van der Waals surface area contributed by atoms with Crippen LogP contribution in [-0.4, -0.2) is 17.3 Å². The summed E-state index contributed by atoms with van der Waals surface area (Å²) >= 11 is 6.08. The van der Waals surface area contributed by atoms with Crippen LogP contribution in [0.25, 0.3) is 0 Å². The van der Waals surface area contributed by atoms with E-state index in [4.69, 9.17) is 11.6 Å². The largest absolute Gasteiger partial charge is 0.363 e. The summed E-state index contributed by atoms with van der Waals surface area (Å²) in [5.41, 5.74) is 2.49. The van der Waals surface area contributed by atoms with Crippen molar-refractivity contribution in [1.29, 1.82) is 0 Å². The fourth-order valence-electron chi connectivity index (χ4n) is 2.07. The molecule has 1 heterocycles. The van der Waals surface area contributed by atoms with Gasteiger partial charge in [-0.1, -0.05) is 17.7 Å². The maximum atomic E-state index is 11.0. The van der Waals surface area contributed by atoms with E-state index in [9.17, 15) is 4.79 Å². The molecule has 4 heteroatoms. The van der Waals surface area contributed by atoms with Gasteiger partial charge in [0.15, 0.2) is 0 Å². The van der Waals surface area contributed by atoms with E-state index in [0.29, 0.717) is 17.1 Å². The Hall–Kier alpha value is -1.87. The van der Waals surface area contributed by atoms with Gasteiger partial charge >= 0.3 is 0 Å². The Morgan fingerprint density at radius 3 is 2.70 bits per heavy atom. The van der Waals surface area contributed by atoms with Gasteiger partial charge in [-0.15, -0.1) is 0 Å². The molecule has 0 N–H and O–H groups in total. The van der Waals surface area contributed by atoms with Crippen LogP contribution in [0, 0.1) is 0 Å². The van der Waals surface area contributed by atoms with E-state index in [1.165, 1.54) is 0 Å². The fourth-order valence-corrected chi connectivity index (χ4v) is 2.31. The number of halogens is 1. The van der Waals surface area contributed by atoms with E-state index in [0.717, 1.165) is 17.7 Å². The molecular formula is C16H17ClN2O. The number of pyridine rings is 1. The quantitative estimate of drug-likeness (QED) is 0.781. The van der Waals surface area contributed by atoms with Crippen LogP contribution in [0.4, 0.5) is 5.69 Å². The van der Waals surface area contributed by atoms with E-state index in [-0.39, 0.29) is 6.04 Å². The van der Waals surface area contributed by atoms with Crippen molar-refractivity contribution < 1.29 is 4.79 Å². The summed E-state index contributed by atoms with van der Waals surface area (Å²) in [5, 5.41) is 0.566. The lowest BCUT2D eigenvalue weighted by atomic mass is 10.1. The molecule has 1 aromatic carbocycles. The van der Waals surface area contributed by atoms with Gasteiger partial charge in [0.25, 0.3) is 0 Å². The van der Waals surface area contributed by atoms with Crippen LogP contribution < -0.4 is 4.90 Å². The van der Waals surface area contributed by atoms with E-state index >= 15 is 0 Å². The van der Waals surface area contributed by atoms with Gasteiger partial charge in [-0.05, 0) is 44.2 Å². The van der Waals surface area contributed by atoms with Gasteiger partial charge in [0.2, 0.25) is 0 Å². The summed E-state index contributed by atoms with van der Waals surface area (Å²) in [4.78, 5) is 17.5. The van der Waals surface area contributed by atoms with Crippen molar-refractivity contribution >= 4 is 23.6 Å². The zero-order valence-corrected chi connectivity index (χ0v) is 12.3. The average molecular weight is 289 g/mol. The lowest BCUT2D eigenvalue weighted by Crippen LogP contribution is -2.30. The highest BCUT2D eigenvalue weighted by atomic mass is 35.5. The first-order valence-corrected chi connectivity index (χ1v) is 6.90. The molecular weight excluding hydrogens is 272 g/mol. The van der Waals surface area contributed by atoms with Gasteiger partial charge in [0.05, 0.1) is 12.2 Å². The fraction of sp³-hybridized carbons (Fsp3) is 0.250. The lowest BCUT2D eigenvalue weighted by Gasteiger charge is -2.29. The number of benzene rings is 1. The Morgan fingerprint density at radius 2 is 2.10 bits per heavy atom. The molecule has 2 rings (SSSR count). The van der Waals surface area contributed by atoms with Gasteiger partial charge in [-0.25, -0.2) is 0 Å². The Balaban J connectivity index is 2.33. The molecule has 0 radical (unpaired) electrons. The minimum Gasteiger partial charge on any atom is -0.363 e. The second-order valence-electron chi connectivity index (χ2n) is 4.90. The van der Waals surface area contributed by atoms with Gasteiger partial charge in [-0.2, -0.15) is 0 Å². The standard InChI is InChI=1S/C16H17ClN2O/c1-12(2)19(10-15-5-3-4-6-18-15)16-8-13(11-20)7-14(17)9-16/h3-9,11-12H,10H2,1-2H3. The zero-order valence-electron chi connectivity index (χ0n) is 11.6. The normalized spacial score (nSPS) is 10.6. The molecule has 0 fully saturated rings. The molecule has 0 aliphatic carbocycles. The second-order valence-corrected chi connectivity index (χ2v) is 5.34. The van der Waals surface area contributed by atoms with Crippen LogP contribution in [0.1, 0.15) is 29.9 Å². The molecule has 0 aliphatic heterocycles.